The second kappa shape index (κ2) is 7.31. The molecule has 0 aliphatic rings. The molecule has 0 aliphatic carbocycles. The van der Waals surface area contributed by atoms with Crippen LogP contribution in [0.15, 0.2) is 48.5 Å². The highest BCUT2D eigenvalue weighted by Gasteiger charge is 2.02. The Balaban J connectivity index is 2.27. The number of hydrogen-bond acceptors (Lipinski definition) is 2. The van der Waals surface area contributed by atoms with Crippen LogP contribution in [0.25, 0.3) is 11.6 Å². The first kappa shape index (κ1) is 14.9. The van der Waals surface area contributed by atoms with Crippen molar-refractivity contribution >= 4 is 11.6 Å². The zero-order valence-electron chi connectivity index (χ0n) is 12.5. The average molecular weight is 277 g/mol. The van der Waals surface area contributed by atoms with Gasteiger partial charge in [0.15, 0.2) is 0 Å². The minimum Gasteiger partial charge on any atom is -0.494 e. The summed E-state index contributed by atoms with van der Waals surface area (Å²) in [5, 5.41) is 9.37. The molecule has 0 spiro atoms. The summed E-state index contributed by atoms with van der Waals surface area (Å²) in [5.41, 5.74) is 3.75. The number of hydrogen-bond donors (Lipinski definition) is 0. The van der Waals surface area contributed by atoms with Crippen molar-refractivity contribution in [3.8, 4) is 11.8 Å². The topological polar surface area (TPSA) is 33.0 Å². The second-order valence-electron chi connectivity index (χ2n) is 4.96. The first-order valence-corrected chi connectivity index (χ1v) is 7.14. The Labute approximate surface area is 126 Å². The fourth-order valence-electron chi connectivity index (χ4n) is 1.99. The molecule has 106 valence electrons. The Morgan fingerprint density at radius 1 is 1.19 bits per heavy atom. The van der Waals surface area contributed by atoms with Crippen LogP contribution in [0.4, 0.5) is 0 Å². The monoisotopic (exact) mass is 277 g/mol. The molecule has 0 heterocycles. The van der Waals surface area contributed by atoms with Gasteiger partial charge in [-0.25, -0.2) is 0 Å². The van der Waals surface area contributed by atoms with E-state index in [1.807, 2.05) is 61.5 Å². The molecule has 0 aliphatic heterocycles. The van der Waals surface area contributed by atoms with E-state index in [4.69, 9.17) is 4.74 Å². The number of nitriles is 1. The standard InChI is InChI=1S/C19H19NO/c1-3-11-21-19-6-4-5-16(13-19)12-18(14-20)17-9-7-15(2)8-10-17/h4-10,12-13H,3,11H2,1-2H3/b18-12+. The largest absolute Gasteiger partial charge is 0.494 e. The zero-order valence-corrected chi connectivity index (χ0v) is 12.5. The van der Waals surface area contributed by atoms with Crippen molar-refractivity contribution in [2.24, 2.45) is 0 Å². The van der Waals surface area contributed by atoms with E-state index in [-0.39, 0.29) is 0 Å². The SMILES string of the molecule is CCCOc1cccc(/C=C(\C#N)c2ccc(C)cc2)c1. The predicted molar refractivity (Wildman–Crippen MR) is 86.9 cm³/mol. The molecule has 0 aromatic heterocycles. The van der Waals surface area contributed by atoms with E-state index in [9.17, 15) is 5.26 Å². The van der Waals surface area contributed by atoms with Gasteiger partial charge in [-0.15, -0.1) is 0 Å². The molecular formula is C19H19NO. The first-order valence-electron chi connectivity index (χ1n) is 7.14. The highest BCUT2D eigenvalue weighted by molar-refractivity contribution is 5.89. The van der Waals surface area contributed by atoms with Gasteiger partial charge in [-0.05, 0) is 42.7 Å². The van der Waals surface area contributed by atoms with Gasteiger partial charge in [0.25, 0.3) is 0 Å². The van der Waals surface area contributed by atoms with E-state index < -0.39 is 0 Å². The third-order valence-corrected chi connectivity index (χ3v) is 3.12. The average Bonchev–Trinajstić information content (AvgIpc) is 2.52. The van der Waals surface area contributed by atoms with Crippen LogP contribution in [0, 0.1) is 18.3 Å². The maximum absolute atomic E-state index is 9.37. The summed E-state index contributed by atoms with van der Waals surface area (Å²) in [6.07, 6.45) is 2.87. The van der Waals surface area contributed by atoms with Crippen LogP contribution >= 0.6 is 0 Å². The quantitative estimate of drug-likeness (QED) is 0.578. The number of benzene rings is 2. The molecule has 0 N–H and O–H groups in total. The van der Waals surface area contributed by atoms with Gasteiger partial charge in [0.2, 0.25) is 0 Å². The summed E-state index contributed by atoms with van der Waals surface area (Å²) in [4.78, 5) is 0. The minimum absolute atomic E-state index is 0.655. The Morgan fingerprint density at radius 2 is 1.95 bits per heavy atom. The number of aryl methyl sites for hydroxylation is 1. The molecule has 2 heteroatoms. The molecule has 2 nitrogen and oxygen atoms in total. The lowest BCUT2D eigenvalue weighted by atomic mass is 10.0. The van der Waals surface area contributed by atoms with Gasteiger partial charge >= 0.3 is 0 Å². The Kier molecular flexibility index (Phi) is 5.17. The lowest BCUT2D eigenvalue weighted by Gasteiger charge is -2.05. The van der Waals surface area contributed by atoms with Crippen LogP contribution in [0.5, 0.6) is 5.75 Å². The van der Waals surface area contributed by atoms with Crippen LogP contribution in [-0.4, -0.2) is 6.61 Å². The second-order valence-corrected chi connectivity index (χ2v) is 4.96. The number of rotatable bonds is 5. The van der Waals surface area contributed by atoms with Crippen LogP contribution in [0.2, 0.25) is 0 Å². The molecular weight excluding hydrogens is 258 g/mol. The summed E-state index contributed by atoms with van der Waals surface area (Å²) in [6, 6.07) is 18.1. The smallest absolute Gasteiger partial charge is 0.119 e. The fraction of sp³-hybridized carbons (Fsp3) is 0.211. The normalized spacial score (nSPS) is 11.0. The molecule has 2 aromatic carbocycles. The molecule has 0 saturated carbocycles. The van der Waals surface area contributed by atoms with E-state index in [0.717, 1.165) is 23.3 Å². The predicted octanol–water partition coefficient (Wildman–Crippen LogP) is 4.85. The van der Waals surface area contributed by atoms with Gasteiger partial charge in [0, 0.05) is 0 Å². The lowest BCUT2D eigenvalue weighted by molar-refractivity contribution is 0.317. The Bertz CT molecular complexity index is 663. The molecule has 0 amide bonds. The van der Waals surface area contributed by atoms with Gasteiger partial charge in [-0.3, -0.25) is 0 Å². The molecule has 0 fully saturated rings. The van der Waals surface area contributed by atoms with E-state index >= 15 is 0 Å². The van der Waals surface area contributed by atoms with Gasteiger partial charge in [-0.2, -0.15) is 5.26 Å². The first-order chi connectivity index (χ1) is 10.2. The highest BCUT2D eigenvalue weighted by atomic mass is 16.5. The number of nitrogens with zero attached hydrogens (tertiary/aromatic N) is 1. The van der Waals surface area contributed by atoms with E-state index in [0.29, 0.717) is 12.2 Å². The molecule has 0 radical (unpaired) electrons. The summed E-state index contributed by atoms with van der Waals surface area (Å²) in [5.74, 6) is 0.840. The van der Waals surface area contributed by atoms with Gasteiger partial charge in [0.1, 0.15) is 5.75 Å². The highest BCUT2D eigenvalue weighted by Crippen LogP contribution is 2.21. The van der Waals surface area contributed by atoms with E-state index in [1.165, 1.54) is 5.56 Å². The van der Waals surface area contributed by atoms with Gasteiger partial charge < -0.3 is 4.74 Å². The Hall–Kier alpha value is -2.53. The molecule has 0 unspecified atom stereocenters. The van der Waals surface area contributed by atoms with E-state index in [1.54, 1.807) is 0 Å². The van der Waals surface area contributed by atoms with Crippen molar-refractivity contribution in [2.75, 3.05) is 6.61 Å². The molecule has 2 aromatic rings. The van der Waals surface area contributed by atoms with Crippen molar-refractivity contribution in [1.82, 2.24) is 0 Å². The molecule has 0 bridgehead atoms. The molecule has 0 saturated heterocycles. The summed E-state index contributed by atoms with van der Waals surface area (Å²) in [6.45, 7) is 4.82. The van der Waals surface area contributed by atoms with Crippen molar-refractivity contribution in [3.63, 3.8) is 0 Å². The Morgan fingerprint density at radius 3 is 2.62 bits per heavy atom. The molecule has 0 atom stereocenters. The van der Waals surface area contributed by atoms with Gasteiger partial charge in [0.05, 0.1) is 18.2 Å². The van der Waals surface area contributed by atoms with Crippen LogP contribution < -0.4 is 4.74 Å². The van der Waals surface area contributed by atoms with Crippen molar-refractivity contribution < 1.29 is 4.74 Å². The number of allylic oxidation sites excluding steroid dienone is 1. The van der Waals surface area contributed by atoms with E-state index in [2.05, 4.69) is 13.0 Å². The van der Waals surface area contributed by atoms with Crippen molar-refractivity contribution in [2.45, 2.75) is 20.3 Å². The third-order valence-electron chi connectivity index (χ3n) is 3.12. The number of ether oxygens (including phenoxy) is 1. The molecule has 21 heavy (non-hydrogen) atoms. The molecule has 2 rings (SSSR count). The minimum atomic E-state index is 0.655. The van der Waals surface area contributed by atoms with Crippen LogP contribution in [0.3, 0.4) is 0 Å². The lowest BCUT2D eigenvalue weighted by Crippen LogP contribution is -1.94. The summed E-state index contributed by atoms with van der Waals surface area (Å²) < 4.78 is 5.62. The maximum Gasteiger partial charge on any atom is 0.119 e. The third kappa shape index (κ3) is 4.22. The van der Waals surface area contributed by atoms with Crippen LogP contribution in [0.1, 0.15) is 30.0 Å². The maximum atomic E-state index is 9.37. The van der Waals surface area contributed by atoms with Gasteiger partial charge in [-0.1, -0.05) is 48.9 Å². The summed E-state index contributed by atoms with van der Waals surface area (Å²) >= 11 is 0. The van der Waals surface area contributed by atoms with Crippen molar-refractivity contribution in [3.05, 3.63) is 65.2 Å². The summed E-state index contributed by atoms with van der Waals surface area (Å²) in [7, 11) is 0. The van der Waals surface area contributed by atoms with Crippen molar-refractivity contribution in [1.29, 1.82) is 5.26 Å². The zero-order chi connectivity index (χ0) is 15.1. The fourth-order valence-corrected chi connectivity index (χ4v) is 1.99. The van der Waals surface area contributed by atoms with Crippen LogP contribution in [-0.2, 0) is 0 Å².